The number of benzene rings is 2. The fourth-order valence-electron chi connectivity index (χ4n) is 2.43. The number of nitrogens with one attached hydrogen (secondary N) is 1. The van der Waals surface area contributed by atoms with Crippen molar-refractivity contribution in [2.75, 3.05) is 5.32 Å². The van der Waals surface area contributed by atoms with Crippen LogP contribution >= 0.6 is 0 Å². The standard InChI is InChI=1S/C17H11FN4O2/c1-9-20-16-11(18)6-10(7-15(16)24-9)21-17(23)14-8-19-12-4-2-3-5-13(12)22-14/h2-8H,1H3,(H,21,23). The summed E-state index contributed by atoms with van der Waals surface area (Å²) in [7, 11) is 0. The zero-order chi connectivity index (χ0) is 16.7. The number of amides is 1. The summed E-state index contributed by atoms with van der Waals surface area (Å²) >= 11 is 0. The van der Waals surface area contributed by atoms with Crippen LogP contribution in [0.2, 0.25) is 0 Å². The molecule has 0 unspecified atom stereocenters. The van der Waals surface area contributed by atoms with Crippen LogP contribution < -0.4 is 5.32 Å². The number of aromatic nitrogens is 3. The highest BCUT2D eigenvalue weighted by molar-refractivity contribution is 6.04. The van der Waals surface area contributed by atoms with Crippen LogP contribution in [0.4, 0.5) is 10.1 Å². The lowest BCUT2D eigenvalue weighted by Gasteiger charge is -2.05. The fourth-order valence-corrected chi connectivity index (χ4v) is 2.43. The van der Waals surface area contributed by atoms with E-state index in [1.165, 1.54) is 18.3 Å². The largest absolute Gasteiger partial charge is 0.441 e. The Morgan fingerprint density at radius 2 is 1.96 bits per heavy atom. The molecule has 0 spiro atoms. The number of carbonyl (C=O) groups is 1. The van der Waals surface area contributed by atoms with E-state index in [1.54, 1.807) is 19.1 Å². The van der Waals surface area contributed by atoms with Gasteiger partial charge in [0.15, 0.2) is 17.3 Å². The number of para-hydroxylation sites is 2. The van der Waals surface area contributed by atoms with E-state index < -0.39 is 11.7 Å². The van der Waals surface area contributed by atoms with E-state index in [4.69, 9.17) is 4.42 Å². The molecule has 6 nitrogen and oxygen atoms in total. The quantitative estimate of drug-likeness (QED) is 0.611. The van der Waals surface area contributed by atoms with Crippen LogP contribution in [0.15, 0.2) is 47.0 Å². The molecule has 7 heteroatoms. The van der Waals surface area contributed by atoms with E-state index in [0.29, 0.717) is 16.9 Å². The first-order chi connectivity index (χ1) is 11.6. The Bertz CT molecular complexity index is 1090. The smallest absolute Gasteiger partial charge is 0.275 e. The molecule has 0 atom stereocenters. The molecule has 0 saturated heterocycles. The fraction of sp³-hybridized carbons (Fsp3) is 0.0588. The average molecular weight is 322 g/mol. The van der Waals surface area contributed by atoms with Gasteiger partial charge in [-0.3, -0.25) is 9.78 Å². The molecule has 0 radical (unpaired) electrons. The summed E-state index contributed by atoms with van der Waals surface area (Å²) in [5.74, 6) is -0.694. The second-order valence-corrected chi connectivity index (χ2v) is 5.24. The van der Waals surface area contributed by atoms with Crippen molar-refractivity contribution in [2.45, 2.75) is 6.92 Å². The zero-order valence-electron chi connectivity index (χ0n) is 12.6. The van der Waals surface area contributed by atoms with E-state index in [1.807, 2.05) is 12.1 Å². The topological polar surface area (TPSA) is 80.9 Å². The van der Waals surface area contributed by atoms with E-state index in [0.717, 1.165) is 0 Å². The van der Waals surface area contributed by atoms with Gasteiger partial charge in [-0.1, -0.05) is 12.1 Å². The Balaban J connectivity index is 1.67. The summed E-state index contributed by atoms with van der Waals surface area (Å²) in [6.45, 7) is 1.63. The van der Waals surface area contributed by atoms with Gasteiger partial charge in [0.05, 0.1) is 17.2 Å². The molecule has 4 rings (SSSR count). The Morgan fingerprint density at radius 3 is 2.79 bits per heavy atom. The molecule has 1 amide bonds. The molecular weight excluding hydrogens is 311 g/mol. The summed E-state index contributed by atoms with van der Waals surface area (Å²) in [6, 6.07) is 9.94. The number of oxazole rings is 1. The molecule has 0 aliphatic carbocycles. The first kappa shape index (κ1) is 14.3. The average Bonchev–Trinajstić information content (AvgIpc) is 2.95. The molecule has 2 aromatic carbocycles. The number of aryl methyl sites for hydroxylation is 1. The minimum Gasteiger partial charge on any atom is -0.441 e. The second kappa shape index (κ2) is 5.38. The molecule has 118 valence electrons. The number of hydrogen-bond acceptors (Lipinski definition) is 5. The van der Waals surface area contributed by atoms with Gasteiger partial charge in [0.1, 0.15) is 11.2 Å². The van der Waals surface area contributed by atoms with Gasteiger partial charge in [0, 0.05) is 18.7 Å². The van der Waals surface area contributed by atoms with Crippen LogP contribution in [0, 0.1) is 12.7 Å². The zero-order valence-corrected chi connectivity index (χ0v) is 12.6. The molecule has 2 heterocycles. The lowest BCUT2D eigenvalue weighted by molar-refractivity contribution is 0.102. The van der Waals surface area contributed by atoms with Gasteiger partial charge in [0.2, 0.25) is 0 Å². The Morgan fingerprint density at radius 1 is 1.17 bits per heavy atom. The summed E-state index contributed by atoms with van der Waals surface area (Å²) < 4.78 is 19.3. The maximum atomic E-state index is 14.0. The maximum Gasteiger partial charge on any atom is 0.275 e. The summed E-state index contributed by atoms with van der Waals surface area (Å²) in [6.07, 6.45) is 1.38. The highest BCUT2D eigenvalue weighted by atomic mass is 19.1. The first-order valence-corrected chi connectivity index (χ1v) is 7.20. The number of hydrogen-bond donors (Lipinski definition) is 1. The maximum absolute atomic E-state index is 14.0. The van der Waals surface area contributed by atoms with Gasteiger partial charge in [-0.25, -0.2) is 14.4 Å². The predicted molar refractivity (Wildman–Crippen MR) is 86.2 cm³/mol. The number of anilines is 1. The molecule has 24 heavy (non-hydrogen) atoms. The van der Waals surface area contributed by atoms with E-state index in [2.05, 4.69) is 20.3 Å². The first-order valence-electron chi connectivity index (χ1n) is 7.20. The molecule has 1 N–H and O–H groups in total. The van der Waals surface area contributed by atoms with Gasteiger partial charge < -0.3 is 9.73 Å². The molecular formula is C17H11FN4O2. The Hall–Kier alpha value is -3.35. The molecule has 0 bridgehead atoms. The van der Waals surface area contributed by atoms with Gasteiger partial charge in [-0.05, 0) is 18.2 Å². The van der Waals surface area contributed by atoms with Crippen molar-refractivity contribution in [1.29, 1.82) is 0 Å². The molecule has 4 aromatic rings. The predicted octanol–water partition coefficient (Wildman–Crippen LogP) is 3.47. The number of fused-ring (bicyclic) bond motifs is 2. The third-order valence-corrected chi connectivity index (χ3v) is 3.49. The van der Waals surface area contributed by atoms with Crippen LogP contribution in [-0.4, -0.2) is 20.9 Å². The van der Waals surface area contributed by atoms with Crippen molar-refractivity contribution in [3.63, 3.8) is 0 Å². The van der Waals surface area contributed by atoms with Crippen molar-refractivity contribution < 1.29 is 13.6 Å². The van der Waals surface area contributed by atoms with Crippen molar-refractivity contribution in [2.24, 2.45) is 0 Å². The Kier molecular flexibility index (Phi) is 3.19. The van der Waals surface area contributed by atoms with Crippen molar-refractivity contribution in [1.82, 2.24) is 15.0 Å². The van der Waals surface area contributed by atoms with Crippen LogP contribution in [0.3, 0.4) is 0 Å². The SMILES string of the molecule is Cc1nc2c(F)cc(NC(=O)c3cnc4ccccc4n3)cc2o1. The highest BCUT2D eigenvalue weighted by Gasteiger charge is 2.14. The lowest BCUT2D eigenvalue weighted by atomic mass is 10.2. The van der Waals surface area contributed by atoms with E-state index in [9.17, 15) is 9.18 Å². The molecule has 0 saturated carbocycles. The van der Waals surface area contributed by atoms with E-state index >= 15 is 0 Å². The van der Waals surface area contributed by atoms with Crippen molar-refractivity contribution in [3.8, 4) is 0 Å². The third kappa shape index (κ3) is 2.45. The third-order valence-electron chi connectivity index (χ3n) is 3.49. The van der Waals surface area contributed by atoms with Gasteiger partial charge in [-0.15, -0.1) is 0 Å². The minimum atomic E-state index is -0.566. The van der Waals surface area contributed by atoms with Gasteiger partial charge in [0.25, 0.3) is 5.91 Å². The van der Waals surface area contributed by atoms with Crippen LogP contribution in [-0.2, 0) is 0 Å². The highest BCUT2D eigenvalue weighted by Crippen LogP contribution is 2.23. The number of nitrogens with zero attached hydrogens (tertiary/aromatic N) is 3. The van der Waals surface area contributed by atoms with E-state index in [-0.39, 0.29) is 22.5 Å². The van der Waals surface area contributed by atoms with Crippen molar-refractivity contribution >= 4 is 33.7 Å². The minimum absolute atomic E-state index is 0.135. The lowest BCUT2D eigenvalue weighted by Crippen LogP contribution is -2.14. The van der Waals surface area contributed by atoms with Crippen LogP contribution in [0.25, 0.3) is 22.1 Å². The van der Waals surface area contributed by atoms with Crippen molar-refractivity contribution in [3.05, 3.63) is 60.0 Å². The number of halogens is 1. The van der Waals surface area contributed by atoms with Crippen LogP contribution in [0.1, 0.15) is 16.4 Å². The monoisotopic (exact) mass is 322 g/mol. The second-order valence-electron chi connectivity index (χ2n) is 5.24. The summed E-state index contributed by atoms with van der Waals surface area (Å²) in [5.41, 5.74) is 2.11. The van der Waals surface area contributed by atoms with Crippen LogP contribution in [0.5, 0.6) is 0 Å². The molecule has 0 aliphatic rings. The molecule has 2 aromatic heterocycles. The van der Waals surface area contributed by atoms with Gasteiger partial charge >= 0.3 is 0 Å². The summed E-state index contributed by atoms with van der Waals surface area (Å²) in [5, 5.41) is 2.60. The summed E-state index contributed by atoms with van der Waals surface area (Å²) in [4.78, 5) is 24.7. The molecule has 0 aliphatic heterocycles. The number of carbonyl (C=O) groups excluding carboxylic acids is 1. The molecule has 0 fully saturated rings. The van der Waals surface area contributed by atoms with Gasteiger partial charge in [-0.2, -0.15) is 0 Å². The number of rotatable bonds is 2. The normalized spacial score (nSPS) is 11.1. The Labute approximate surface area is 135 Å².